The number of nitrogens with zero attached hydrogens (tertiary/aromatic N) is 5. The number of aliphatic carboxylic acids is 1. The average molecular weight is 716 g/mol. The number of benzene rings is 1. The highest BCUT2D eigenvalue weighted by molar-refractivity contribution is 5.86. The normalized spacial score (nSPS) is 18.8. The van der Waals surface area contributed by atoms with Gasteiger partial charge in [-0.3, -0.25) is 14.4 Å². The number of carboxylic acid groups (broad SMARTS) is 1. The van der Waals surface area contributed by atoms with Crippen molar-refractivity contribution in [2.45, 2.75) is 75.8 Å². The zero-order valence-corrected chi connectivity index (χ0v) is 28.0. The van der Waals surface area contributed by atoms with Gasteiger partial charge in [-0.15, -0.1) is 0 Å². The zero-order chi connectivity index (χ0) is 36.6. The predicted molar refractivity (Wildman–Crippen MR) is 172 cm³/mol. The number of nitrogens with one attached hydrogen (secondary N) is 2. The van der Waals surface area contributed by atoms with Gasteiger partial charge in [0.1, 0.15) is 17.7 Å². The standard InChI is InChI=1S/C33H43F6N7O4/c1-44(2)24-18-25(30(50)41-15-11-21-6-8-23(9-7-21)32(34,35)36)46(20-24)27-19-26(42-31(43-27)33(37,38)39)45-16-12-22(13-17-45)10-14-40-28(47)4-3-5-29(48)49/h6-9,19,22,24-25H,3-5,10-18,20H2,1-2H3,(H,40,47)(H,41,50)(H,48,49)/t24-,25+/m1/s1. The highest BCUT2D eigenvalue weighted by Crippen LogP contribution is 2.35. The van der Waals surface area contributed by atoms with Crippen LogP contribution in [0.2, 0.25) is 0 Å². The molecule has 2 atom stereocenters. The number of hydrogen-bond donors (Lipinski definition) is 3. The Balaban J connectivity index is 1.41. The molecule has 2 aromatic rings. The van der Waals surface area contributed by atoms with Crippen molar-refractivity contribution in [2.75, 3.05) is 56.6 Å². The molecule has 2 fully saturated rings. The van der Waals surface area contributed by atoms with Crippen molar-refractivity contribution < 1.29 is 45.8 Å². The summed E-state index contributed by atoms with van der Waals surface area (Å²) in [6.45, 7) is 1.63. The third-order valence-corrected chi connectivity index (χ3v) is 9.16. The van der Waals surface area contributed by atoms with E-state index in [0.717, 1.165) is 12.1 Å². The highest BCUT2D eigenvalue weighted by Gasteiger charge is 2.41. The molecular formula is C33H43F6N7O4. The zero-order valence-electron chi connectivity index (χ0n) is 28.0. The number of anilines is 2. The predicted octanol–water partition coefficient (Wildman–Crippen LogP) is 4.36. The highest BCUT2D eigenvalue weighted by atomic mass is 19.4. The van der Waals surface area contributed by atoms with Gasteiger partial charge < -0.3 is 30.4 Å². The number of piperidine rings is 1. The summed E-state index contributed by atoms with van der Waals surface area (Å²) in [5, 5.41) is 14.3. The largest absolute Gasteiger partial charge is 0.481 e. The topological polar surface area (TPSA) is 131 Å². The Hall–Kier alpha value is -4.15. The minimum atomic E-state index is -4.84. The van der Waals surface area contributed by atoms with E-state index in [1.165, 1.54) is 18.2 Å². The number of rotatable bonds is 14. The number of carbonyl (C=O) groups excluding carboxylic acids is 2. The molecule has 0 bridgehead atoms. The first-order valence-corrected chi connectivity index (χ1v) is 16.6. The van der Waals surface area contributed by atoms with Gasteiger partial charge >= 0.3 is 18.3 Å². The van der Waals surface area contributed by atoms with Gasteiger partial charge in [-0.05, 0) is 76.2 Å². The molecule has 0 aliphatic carbocycles. The molecule has 50 heavy (non-hydrogen) atoms. The van der Waals surface area contributed by atoms with E-state index >= 15 is 0 Å². The van der Waals surface area contributed by atoms with Crippen molar-refractivity contribution in [3.05, 3.63) is 47.3 Å². The Bertz CT molecular complexity index is 1460. The van der Waals surface area contributed by atoms with Crippen molar-refractivity contribution >= 4 is 29.4 Å². The number of aromatic nitrogens is 2. The van der Waals surface area contributed by atoms with Gasteiger partial charge in [-0.2, -0.15) is 26.3 Å². The van der Waals surface area contributed by atoms with Gasteiger partial charge in [0.2, 0.25) is 17.6 Å². The molecule has 3 heterocycles. The Labute approximate surface area is 286 Å². The summed E-state index contributed by atoms with van der Waals surface area (Å²) in [6.07, 6.45) is -6.42. The Morgan fingerprint density at radius 1 is 0.920 bits per heavy atom. The Morgan fingerprint density at radius 3 is 2.18 bits per heavy atom. The van der Waals surface area contributed by atoms with E-state index in [1.807, 2.05) is 19.0 Å². The molecule has 276 valence electrons. The number of carboxylic acids is 1. The molecule has 2 aliphatic heterocycles. The van der Waals surface area contributed by atoms with Crippen molar-refractivity contribution in [3.63, 3.8) is 0 Å². The van der Waals surface area contributed by atoms with E-state index in [-0.39, 0.29) is 68.3 Å². The van der Waals surface area contributed by atoms with Crippen LogP contribution in [0.1, 0.15) is 61.9 Å². The number of halogens is 6. The number of hydrogen-bond acceptors (Lipinski definition) is 8. The van der Waals surface area contributed by atoms with E-state index in [0.29, 0.717) is 50.9 Å². The minimum absolute atomic E-state index is 0.0256. The summed E-state index contributed by atoms with van der Waals surface area (Å²) in [5.74, 6) is -2.62. The fourth-order valence-electron chi connectivity index (χ4n) is 6.21. The molecular weight excluding hydrogens is 672 g/mol. The van der Waals surface area contributed by atoms with Gasteiger partial charge in [0.15, 0.2) is 0 Å². The van der Waals surface area contributed by atoms with Crippen LogP contribution in [0.5, 0.6) is 0 Å². The SMILES string of the molecule is CN(C)[C@@H]1C[C@@H](C(=O)NCCc2ccc(C(F)(F)F)cc2)N(c2cc(N3CCC(CCNC(=O)CCCC(=O)O)CC3)nc(C(F)(F)F)n2)C1. The maximum absolute atomic E-state index is 14.1. The van der Waals surface area contributed by atoms with E-state index < -0.39 is 41.7 Å². The number of alkyl halides is 6. The lowest BCUT2D eigenvalue weighted by Gasteiger charge is -2.34. The molecule has 4 rings (SSSR count). The fourth-order valence-corrected chi connectivity index (χ4v) is 6.21. The van der Waals surface area contributed by atoms with Crippen molar-refractivity contribution in [1.29, 1.82) is 0 Å². The third kappa shape index (κ3) is 10.9. The number of carbonyl (C=O) groups is 3. The van der Waals surface area contributed by atoms with Crippen LogP contribution >= 0.6 is 0 Å². The molecule has 11 nitrogen and oxygen atoms in total. The van der Waals surface area contributed by atoms with Crippen LogP contribution in [-0.4, -0.2) is 96.7 Å². The van der Waals surface area contributed by atoms with E-state index in [1.54, 1.807) is 9.80 Å². The lowest BCUT2D eigenvalue weighted by Crippen LogP contribution is -2.44. The fraction of sp³-hybridized carbons (Fsp3) is 0.606. The van der Waals surface area contributed by atoms with Gasteiger partial charge in [0, 0.05) is 57.7 Å². The van der Waals surface area contributed by atoms with Crippen molar-refractivity contribution in [1.82, 2.24) is 25.5 Å². The quantitative estimate of drug-likeness (QED) is 0.245. The second kappa shape index (κ2) is 16.7. The lowest BCUT2D eigenvalue weighted by molar-refractivity contribution is -0.145. The second-order valence-electron chi connectivity index (χ2n) is 13.0. The van der Waals surface area contributed by atoms with E-state index in [2.05, 4.69) is 20.6 Å². The molecule has 0 saturated carbocycles. The number of likely N-dealkylation sites (N-methyl/N-ethyl adjacent to an activating group) is 1. The number of amides is 2. The van der Waals surface area contributed by atoms with Crippen LogP contribution in [0.3, 0.4) is 0 Å². The monoisotopic (exact) mass is 715 g/mol. The van der Waals surface area contributed by atoms with E-state index in [9.17, 15) is 40.7 Å². The molecule has 0 unspecified atom stereocenters. The summed E-state index contributed by atoms with van der Waals surface area (Å²) < 4.78 is 81.0. The van der Waals surface area contributed by atoms with E-state index in [4.69, 9.17) is 5.11 Å². The molecule has 0 radical (unpaired) electrons. The maximum Gasteiger partial charge on any atom is 0.451 e. The molecule has 2 aliphatic rings. The summed E-state index contributed by atoms with van der Waals surface area (Å²) in [7, 11) is 3.63. The van der Waals surface area contributed by atoms with Crippen LogP contribution in [0, 0.1) is 5.92 Å². The molecule has 17 heteroatoms. The molecule has 1 aromatic carbocycles. The van der Waals surface area contributed by atoms with Crippen LogP contribution in [0.15, 0.2) is 30.3 Å². The first kappa shape index (κ1) is 38.6. The maximum atomic E-state index is 14.1. The Morgan fingerprint density at radius 2 is 1.58 bits per heavy atom. The first-order chi connectivity index (χ1) is 23.5. The third-order valence-electron chi connectivity index (χ3n) is 9.16. The molecule has 0 spiro atoms. The van der Waals surface area contributed by atoms with Crippen LogP contribution < -0.4 is 20.4 Å². The minimum Gasteiger partial charge on any atom is -0.481 e. The molecule has 3 N–H and O–H groups in total. The molecule has 2 amide bonds. The van der Waals surface area contributed by atoms with Gasteiger partial charge in [-0.25, -0.2) is 9.97 Å². The molecule has 1 aromatic heterocycles. The molecule has 2 saturated heterocycles. The van der Waals surface area contributed by atoms with Crippen LogP contribution in [0.25, 0.3) is 0 Å². The first-order valence-electron chi connectivity index (χ1n) is 16.6. The average Bonchev–Trinajstić information content (AvgIpc) is 3.51. The summed E-state index contributed by atoms with van der Waals surface area (Å²) in [6, 6.07) is 5.10. The second-order valence-corrected chi connectivity index (χ2v) is 13.0. The summed E-state index contributed by atoms with van der Waals surface area (Å²) >= 11 is 0. The van der Waals surface area contributed by atoms with Crippen molar-refractivity contribution in [3.8, 4) is 0 Å². The van der Waals surface area contributed by atoms with Crippen LogP contribution in [-0.2, 0) is 33.2 Å². The van der Waals surface area contributed by atoms with Gasteiger partial charge in [0.05, 0.1) is 5.56 Å². The Kier molecular flexibility index (Phi) is 12.9. The van der Waals surface area contributed by atoms with Crippen molar-refractivity contribution in [2.24, 2.45) is 5.92 Å². The van der Waals surface area contributed by atoms with Crippen LogP contribution in [0.4, 0.5) is 38.0 Å². The summed E-state index contributed by atoms with van der Waals surface area (Å²) in [5.41, 5.74) is -0.189. The van der Waals surface area contributed by atoms with Gasteiger partial charge in [0.25, 0.3) is 0 Å². The smallest absolute Gasteiger partial charge is 0.451 e. The lowest BCUT2D eigenvalue weighted by atomic mass is 9.93. The van der Waals surface area contributed by atoms with Gasteiger partial charge in [-0.1, -0.05) is 12.1 Å². The summed E-state index contributed by atoms with van der Waals surface area (Å²) in [4.78, 5) is 48.9.